The second kappa shape index (κ2) is 10.4. The average molecular weight is 577 g/mol. The van der Waals surface area contributed by atoms with E-state index in [1.54, 1.807) is 0 Å². The van der Waals surface area contributed by atoms with E-state index < -0.39 is 10.0 Å². The SMILES string of the molecule is Nc1c(C(=O)Nc2ccc(S(=O)(=O)Nc3nnc(-c4ccccc4)s3)cc2)sc2nc3c(cc12)CCCCC3. The van der Waals surface area contributed by atoms with Crippen molar-refractivity contribution in [2.75, 3.05) is 15.8 Å². The highest BCUT2D eigenvalue weighted by Crippen LogP contribution is 2.36. The highest BCUT2D eigenvalue weighted by Gasteiger charge is 2.21. The number of aromatic nitrogens is 3. The molecule has 9 nitrogen and oxygen atoms in total. The number of benzene rings is 2. The van der Waals surface area contributed by atoms with Crippen molar-refractivity contribution in [3.63, 3.8) is 0 Å². The monoisotopic (exact) mass is 576 g/mol. The normalized spacial score (nSPS) is 13.5. The zero-order valence-electron chi connectivity index (χ0n) is 20.7. The number of hydrogen-bond acceptors (Lipinski definition) is 9. The first-order valence-corrected chi connectivity index (χ1v) is 15.5. The Labute approximate surface area is 233 Å². The summed E-state index contributed by atoms with van der Waals surface area (Å²) in [7, 11) is -3.90. The third-order valence-electron chi connectivity index (χ3n) is 6.55. The van der Waals surface area contributed by atoms with E-state index in [9.17, 15) is 13.2 Å². The fourth-order valence-electron chi connectivity index (χ4n) is 4.55. The van der Waals surface area contributed by atoms with Crippen molar-refractivity contribution in [3.05, 3.63) is 76.8 Å². The van der Waals surface area contributed by atoms with Crippen LogP contribution < -0.4 is 15.8 Å². The summed E-state index contributed by atoms with van der Waals surface area (Å²) in [5.74, 6) is -0.360. The number of amides is 1. The van der Waals surface area contributed by atoms with Crippen molar-refractivity contribution in [3.8, 4) is 10.6 Å². The first kappa shape index (κ1) is 25.4. The van der Waals surface area contributed by atoms with Crippen molar-refractivity contribution >= 4 is 65.3 Å². The first-order chi connectivity index (χ1) is 18.9. The van der Waals surface area contributed by atoms with Gasteiger partial charge < -0.3 is 11.1 Å². The van der Waals surface area contributed by atoms with E-state index in [-0.39, 0.29) is 15.9 Å². The summed E-state index contributed by atoms with van der Waals surface area (Å²) in [5, 5.41) is 12.4. The van der Waals surface area contributed by atoms with Crippen LogP contribution in [0.2, 0.25) is 0 Å². The smallest absolute Gasteiger partial charge is 0.267 e. The van der Waals surface area contributed by atoms with Crippen molar-refractivity contribution in [1.29, 1.82) is 0 Å². The predicted octanol–water partition coefficient (Wildman–Crippen LogP) is 5.72. The van der Waals surface area contributed by atoms with Gasteiger partial charge in [0.2, 0.25) is 5.13 Å². The maximum absolute atomic E-state index is 13.1. The maximum Gasteiger partial charge on any atom is 0.267 e. The van der Waals surface area contributed by atoms with E-state index in [4.69, 9.17) is 10.7 Å². The van der Waals surface area contributed by atoms with Gasteiger partial charge in [-0.15, -0.1) is 21.5 Å². The number of carbonyl (C=O) groups excluding carboxylic acids is 1. The number of rotatable bonds is 6. The highest BCUT2D eigenvalue weighted by atomic mass is 32.2. The Balaban J connectivity index is 1.16. The molecule has 0 spiro atoms. The topological polar surface area (TPSA) is 140 Å². The largest absolute Gasteiger partial charge is 0.397 e. The van der Waals surface area contributed by atoms with Gasteiger partial charge in [-0.2, -0.15) is 0 Å². The van der Waals surface area contributed by atoms with Crippen LogP contribution >= 0.6 is 22.7 Å². The number of nitrogens with one attached hydrogen (secondary N) is 2. The van der Waals surface area contributed by atoms with Crippen LogP contribution in [0.25, 0.3) is 20.8 Å². The molecule has 0 atom stereocenters. The molecule has 6 rings (SSSR count). The van der Waals surface area contributed by atoms with Gasteiger partial charge in [0, 0.05) is 22.3 Å². The predicted molar refractivity (Wildman–Crippen MR) is 156 cm³/mol. The molecule has 0 unspecified atom stereocenters. The Bertz CT molecular complexity index is 1780. The van der Waals surface area contributed by atoms with Crippen LogP contribution in [-0.2, 0) is 22.9 Å². The van der Waals surface area contributed by atoms with Crippen molar-refractivity contribution in [2.24, 2.45) is 0 Å². The molecule has 5 aromatic rings. The first-order valence-electron chi connectivity index (χ1n) is 12.4. The number of thiophene rings is 1. The number of hydrogen-bond donors (Lipinski definition) is 3. The third-order valence-corrected chi connectivity index (χ3v) is 10.0. The van der Waals surface area contributed by atoms with E-state index in [1.807, 2.05) is 30.3 Å². The molecule has 1 aliphatic carbocycles. The number of nitrogen functional groups attached to an aromatic ring is 1. The second-order valence-electron chi connectivity index (χ2n) is 9.21. The van der Waals surface area contributed by atoms with Crippen LogP contribution in [0.4, 0.5) is 16.5 Å². The number of sulfonamides is 1. The average Bonchev–Trinajstić information content (AvgIpc) is 3.44. The lowest BCUT2D eigenvalue weighted by Crippen LogP contribution is -2.14. The third kappa shape index (κ3) is 5.22. The number of aryl methyl sites for hydroxylation is 2. The molecule has 39 heavy (non-hydrogen) atoms. The lowest BCUT2D eigenvalue weighted by atomic mass is 10.1. The van der Waals surface area contributed by atoms with Gasteiger partial charge in [-0.1, -0.05) is 48.1 Å². The van der Waals surface area contributed by atoms with Gasteiger partial charge in [-0.25, -0.2) is 13.4 Å². The number of carbonyl (C=O) groups is 1. The minimum atomic E-state index is -3.90. The van der Waals surface area contributed by atoms with Gasteiger partial charge in [0.25, 0.3) is 15.9 Å². The Morgan fingerprint density at radius 2 is 1.69 bits per heavy atom. The molecule has 0 saturated heterocycles. The highest BCUT2D eigenvalue weighted by molar-refractivity contribution is 7.93. The minimum absolute atomic E-state index is 0.0315. The van der Waals surface area contributed by atoms with Crippen molar-refractivity contribution in [1.82, 2.24) is 15.2 Å². The summed E-state index contributed by atoms with van der Waals surface area (Å²) in [6, 6.07) is 17.4. The van der Waals surface area contributed by atoms with Gasteiger partial charge in [0.1, 0.15) is 14.7 Å². The van der Waals surface area contributed by atoms with E-state index in [1.165, 1.54) is 47.6 Å². The van der Waals surface area contributed by atoms with Crippen molar-refractivity contribution < 1.29 is 13.2 Å². The molecule has 3 aromatic heterocycles. The molecular formula is C27H24N6O3S3. The van der Waals surface area contributed by atoms with E-state index in [0.29, 0.717) is 21.3 Å². The van der Waals surface area contributed by atoms with Crippen molar-refractivity contribution in [2.45, 2.75) is 37.0 Å². The Morgan fingerprint density at radius 3 is 2.49 bits per heavy atom. The van der Waals surface area contributed by atoms with Crippen LogP contribution in [0.5, 0.6) is 0 Å². The lowest BCUT2D eigenvalue weighted by molar-refractivity contribution is 0.103. The summed E-state index contributed by atoms with van der Waals surface area (Å²) >= 11 is 2.42. The van der Waals surface area contributed by atoms with Gasteiger partial charge in [0.05, 0.1) is 10.6 Å². The fraction of sp³-hybridized carbons (Fsp3) is 0.185. The number of nitrogens with two attached hydrogens (primary N) is 1. The molecule has 0 fully saturated rings. The molecule has 12 heteroatoms. The molecule has 0 bridgehead atoms. The molecule has 3 heterocycles. The molecule has 0 saturated carbocycles. The number of anilines is 3. The van der Waals surface area contributed by atoms with E-state index in [0.717, 1.165) is 58.5 Å². The molecule has 198 valence electrons. The molecule has 1 amide bonds. The molecular weight excluding hydrogens is 553 g/mol. The van der Waals surface area contributed by atoms with Gasteiger partial charge in [0.15, 0.2) is 0 Å². The Kier molecular flexibility index (Phi) is 6.75. The Hall–Kier alpha value is -3.87. The van der Waals surface area contributed by atoms with Gasteiger partial charge >= 0.3 is 0 Å². The lowest BCUT2D eigenvalue weighted by Gasteiger charge is -2.07. The number of pyridine rings is 1. The number of nitrogens with zero attached hydrogens (tertiary/aromatic N) is 3. The number of fused-ring (bicyclic) bond motifs is 2. The molecule has 1 aliphatic rings. The summed E-state index contributed by atoms with van der Waals surface area (Å²) < 4.78 is 28.3. The Morgan fingerprint density at radius 1 is 0.923 bits per heavy atom. The summed E-state index contributed by atoms with van der Waals surface area (Å²) in [5.41, 5.74) is 10.4. The van der Waals surface area contributed by atoms with Crippen LogP contribution in [0, 0.1) is 0 Å². The zero-order valence-corrected chi connectivity index (χ0v) is 23.1. The van der Waals surface area contributed by atoms with Crippen LogP contribution in [-0.4, -0.2) is 29.5 Å². The standard InChI is InChI=1S/C27H24N6O3S3/c28-22-20-15-17-9-5-2-6-10-21(17)30-26(20)37-23(22)24(34)29-18-11-13-19(14-12-18)39(35,36)33-27-32-31-25(38-27)16-7-3-1-4-8-16/h1,3-4,7-8,11-15H,2,5-6,9-10,28H2,(H,29,34)(H,32,33). The summed E-state index contributed by atoms with van der Waals surface area (Å²) in [6.45, 7) is 0. The van der Waals surface area contributed by atoms with E-state index >= 15 is 0 Å². The second-order valence-corrected chi connectivity index (χ2v) is 12.9. The van der Waals surface area contributed by atoms with Gasteiger partial charge in [-0.3, -0.25) is 9.52 Å². The summed E-state index contributed by atoms with van der Waals surface area (Å²) in [4.78, 5) is 19.1. The van der Waals surface area contributed by atoms with E-state index in [2.05, 4.69) is 26.3 Å². The molecule has 0 aliphatic heterocycles. The fourth-order valence-corrected chi connectivity index (χ4v) is 7.52. The molecule has 4 N–H and O–H groups in total. The summed E-state index contributed by atoms with van der Waals surface area (Å²) in [6.07, 6.45) is 5.37. The molecule has 0 radical (unpaired) electrons. The van der Waals surface area contributed by atoms with Crippen LogP contribution in [0.1, 0.15) is 40.2 Å². The van der Waals surface area contributed by atoms with Crippen LogP contribution in [0.15, 0.2) is 65.6 Å². The maximum atomic E-state index is 13.1. The zero-order chi connectivity index (χ0) is 27.0. The van der Waals surface area contributed by atoms with Crippen LogP contribution in [0.3, 0.4) is 0 Å². The minimum Gasteiger partial charge on any atom is -0.397 e. The molecule has 2 aromatic carbocycles. The quantitative estimate of drug-likeness (QED) is 0.220. The van der Waals surface area contributed by atoms with Gasteiger partial charge in [-0.05, 0) is 61.6 Å².